The fourth-order valence-electron chi connectivity index (χ4n) is 6.52. The monoisotopic (exact) mass is 282 g/mol. The smallest absolute Gasteiger partial charge is 0.0402 e. The maximum absolute atomic E-state index is 3.95. The van der Waals surface area contributed by atoms with Gasteiger partial charge in [-0.15, -0.1) is 0 Å². The minimum atomic E-state index is 0.408. The number of rotatable bonds is 1. The van der Waals surface area contributed by atoms with Crippen molar-refractivity contribution in [3.63, 3.8) is 0 Å². The Morgan fingerprint density at radius 2 is 2.19 bits per heavy atom. The molecule has 0 radical (unpaired) electrons. The summed E-state index contributed by atoms with van der Waals surface area (Å²) in [6.07, 6.45) is 4.15. The highest BCUT2D eigenvalue weighted by Crippen LogP contribution is 2.61. The van der Waals surface area contributed by atoms with Crippen LogP contribution in [0.1, 0.15) is 38.7 Å². The minimum absolute atomic E-state index is 0.408. The molecule has 21 heavy (non-hydrogen) atoms. The Morgan fingerprint density at radius 3 is 3.05 bits per heavy atom. The largest absolute Gasteiger partial charge is 0.381 e. The zero-order valence-electron chi connectivity index (χ0n) is 13.2. The molecular weight excluding hydrogens is 256 g/mol. The van der Waals surface area contributed by atoms with Crippen molar-refractivity contribution in [3.8, 4) is 0 Å². The first-order chi connectivity index (χ1) is 10.3. The quantitative estimate of drug-likeness (QED) is 0.848. The molecule has 0 aromatic heterocycles. The molecule has 0 amide bonds. The van der Waals surface area contributed by atoms with Crippen LogP contribution >= 0.6 is 0 Å². The van der Waals surface area contributed by atoms with Gasteiger partial charge in [0.15, 0.2) is 0 Å². The number of fused-ring (bicyclic) bond motifs is 2. The second kappa shape index (κ2) is 4.04. The van der Waals surface area contributed by atoms with E-state index in [1.54, 1.807) is 5.56 Å². The van der Waals surface area contributed by atoms with Gasteiger partial charge >= 0.3 is 0 Å². The molecule has 1 aromatic carbocycles. The van der Waals surface area contributed by atoms with E-state index in [0.717, 1.165) is 23.8 Å². The number of benzene rings is 1. The third-order valence-electron chi connectivity index (χ3n) is 7.44. The van der Waals surface area contributed by atoms with E-state index < -0.39 is 0 Å². The molecule has 2 nitrogen and oxygen atoms in total. The van der Waals surface area contributed by atoms with Crippen molar-refractivity contribution >= 4 is 5.69 Å². The Bertz CT molecular complexity index is 583. The second-order valence-electron chi connectivity index (χ2n) is 7.90. The van der Waals surface area contributed by atoms with Gasteiger partial charge in [-0.05, 0) is 48.8 Å². The minimum Gasteiger partial charge on any atom is -0.381 e. The number of hydrogen-bond acceptors (Lipinski definition) is 2. The maximum Gasteiger partial charge on any atom is 0.0402 e. The summed E-state index contributed by atoms with van der Waals surface area (Å²) in [5.74, 6) is 2.64. The number of para-hydroxylation sites is 1. The summed E-state index contributed by atoms with van der Waals surface area (Å²) in [4.78, 5) is 2.84. The number of anilines is 1. The summed E-state index contributed by atoms with van der Waals surface area (Å²) < 4.78 is 0. The number of piperidine rings is 1. The van der Waals surface area contributed by atoms with Crippen LogP contribution in [-0.4, -0.2) is 30.1 Å². The molecule has 0 unspecified atom stereocenters. The average molecular weight is 282 g/mol. The lowest BCUT2D eigenvalue weighted by atomic mass is 9.55. The van der Waals surface area contributed by atoms with Crippen LogP contribution in [0.4, 0.5) is 5.69 Å². The second-order valence-corrected chi connectivity index (χ2v) is 7.90. The van der Waals surface area contributed by atoms with Crippen LogP contribution in [0.5, 0.6) is 0 Å². The topological polar surface area (TPSA) is 15.3 Å². The fraction of sp³-hybridized carbons (Fsp3) is 0.684. The van der Waals surface area contributed by atoms with E-state index in [2.05, 4.69) is 48.3 Å². The summed E-state index contributed by atoms with van der Waals surface area (Å²) in [6.45, 7) is 7.59. The van der Waals surface area contributed by atoms with Crippen LogP contribution < -0.4 is 5.32 Å². The third-order valence-corrected chi connectivity index (χ3v) is 7.44. The van der Waals surface area contributed by atoms with E-state index in [9.17, 15) is 0 Å². The first-order valence-electron chi connectivity index (χ1n) is 8.86. The van der Waals surface area contributed by atoms with E-state index in [1.165, 1.54) is 38.0 Å². The van der Waals surface area contributed by atoms with Gasteiger partial charge < -0.3 is 5.32 Å². The molecule has 1 saturated carbocycles. The third kappa shape index (κ3) is 1.34. The Morgan fingerprint density at radius 1 is 1.33 bits per heavy atom. The lowest BCUT2D eigenvalue weighted by Gasteiger charge is -2.56. The van der Waals surface area contributed by atoms with Crippen molar-refractivity contribution in [2.45, 2.75) is 50.6 Å². The molecule has 112 valence electrons. The Kier molecular flexibility index (Phi) is 2.41. The number of nitrogens with zero attached hydrogens (tertiary/aromatic N) is 1. The molecule has 3 aliphatic heterocycles. The molecular formula is C19H26N2. The lowest BCUT2D eigenvalue weighted by molar-refractivity contribution is -0.0128. The first-order valence-corrected chi connectivity index (χ1v) is 8.86. The molecule has 5 rings (SSSR count). The van der Waals surface area contributed by atoms with E-state index >= 15 is 0 Å². The van der Waals surface area contributed by atoms with Crippen molar-refractivity contribution in [2.75, 3.05) is 18.4 Å². The Balaban J connectivity index is 1.68. The Labute approximate surface area is 127 Å². The van der Waals surface area contributed by atoms with Crippen LogP contribution in [0.25, 0.3) is 0 Å². The Hall–Kier alpha value is -1.02. The van der Waals surface area contributed by atoms with Gasteiger partial charge in [-0.2, -0.15) is 0 Å². The van der Waals surface area contributed by atoms with Crippen LogP contribution in [0.2, 0.25) is 0 Å². The van der Waals surface area contributed by atoms with Crippen LogP contribution in [0, 0.1) is 17.8 Å². The van der Waals surface area contributed by atoms with Gasteiger partial charge in [0.25, 0.3) is 0 Å². The zero-order valence-corrected chi connectivity index (χ0v) is 13.2. The molecule has 2 bridgehead atoms. The van der Waals surface area contributed by atoms with Crippen molar-refractivity contribution in [3.05, 3.63) is 29.8 Å². The van der Waals surface area contributed by atoms with Crippen molar-refractivity contribution in [1.29, 1.82) is 0 Å². The van der Waals surface area contributed by atoms with Gasteiger partial charge in [-0.25, -0.2) is 0 Å². The van der Waals surface area contributed by atoms with Crippen LogP contribution in [0.3, 0.4) is 0 Å². The van der Waals surface area contributed by atoms with Crippen molar-refractivity contribution in [2.24, 2.45) is 17.8 Å². The van der Waals surface area contributed by atoms with E-state index in [1.807, 2.05) is 0 Å². The van der Waals surface area contributed by atoms with Gasteiger partial charge in [0.05, 0.1) is 0 Å². The molecule has 1 aliphatic carbocycles. The predicted molar refractivity (Wildman–Crippen MR) is 86.6 cm³/mol. The van der Waals surface area contributed by atoms with Gasteiger partial charge in [0.1, 0.15) is 0 Å². The fourth-order valence-corrected chi connectivity index (χ4v) is 6.52. The number of nitrogens with one attached hydrogen (secondary N) is 1. The normalized spacial score (nSPS) is 46.9. The molecule has 1 N–H and O–H groups in total. The first kappa shape index (κ1) is 12.5. The van der Waals surface area contributed by atoms with Gasteiger partial charge in [0.2, 0.25) is 0 Å². The summed E-state index contributed by atoms with van der Waals surface area (Å²) in [7, 11) is 0. The molecule has 4 aliphatic rings. The summed E-state index contributed by atoms with van der Waals surface area (Å²) in [5.41, 5.74) is 3.46. The molecule has 1 spiro atoms. The van der Waals surface area contributed by atoms with Gasteiger partial charge in [-0.1, -0.05) is 38.5 Å². The molecule has 2 saturated heterocycles. The summed E-state index contributed by atoms with van der Waals surface area (Å²) >= 11 is 0. The van der Waals surface area contributed by atoms with Crippen molar-refractivity contribution in [1.82, 2.24) is 4.90 Å². The molecule has 3 fully saturated rings. The van der Waals surface area contributed by atoms with E-state index in [-0.39, 0.29) is 0 Å². The summed E-state index contributed by atoms with van der Waals surface area (Å²) in [5, 5.41) is 3.95. The highest BCUT2D eigenvalue weighted by atomic mass is 15.2. The van der Waals surface area contributed by atoms with Gasteiger partial charge in [0, 0.05) is 29.7 Å². The highest BCUT2D eigenvalue weighted by Gasteiger charge is 2.64. The molecule has 2 heteroatoms. The van der Waals surface area contributed by atoms with Crippen molar-refractivity contribution < 1.29 is 0 Å². The predicted octanol–water partition coefficient (Wildman–Crippen LogP) is 3.49. The van der Waals surface area contributed by atoms with E-state index in [4.69, 9.17) is 0 Å². The lowest BCUT2D eigenvalue weighted by Crippen LogP contribution is -2.63. The molecule has 1 aromatic rings. The van der Waals surface area contributed by atoms with Gasteiger partial charge in [-0.3, -0.25) is 4.90 Å². The maximum atomic E-state index is 3.95. The average Bonchev–Trinajstić information content (AvgIpc) is 3.07. The number of hydrogen-bond donors (Lipinski definition) is 1. The van der Waals surface area contributed by atoms with E-state index in [0.29, 0.717) is 11.5 Å². The molecule has 3 heterocycles. The highest BCUT2D eigenvalue weighted by molar-refractivity contribution is 5.64. The SMILES string of the molecule is CC[C@@H]1CN2CC[C@]34c5ccccc5N[C@H]3[C@H](C)[C@H]1C[C@@H]24. The summed E-state index contributed by atoms with van der Waals surface area (Å²) in [6, 6.07) is 10.6. The zero-order chi connectivity index (χ0) is 14.2. The van der Waals surface area contributed by atoms with Crippen LogP contribution in [0.15, 0.2) is 24.3 Å². The molecule has 6 atom stereocenters. The van der Waals surface area contributed by atoms with Crippen LogP contribution in [-0.2, 0) is 5.41 Å². The standard InChI is InChI=1S/C19H26N2/c1-3-13-11-21-9-8-19-15-6-4-5-7-16(15)20-18(19)12(2)14(13)10-17(19)21/h4-7,12-14,17-18,20H,3,8-11H2,1-2H3/t12-,13-,14-,17-,18+,19-/m1/s1.